The highest BCUT2D eigenvalue weighted by atomic mass is 16.6. The number of aliphatic hydroxyl groups excluding tert-OH is 2. The predicted molar refractivity (Wildman–Crippen MR) is 140 cm³/mol. The van der Waals surface area contributed by atoms with E-state index in [0.717, 1.165) is 5.57 Å². The van der Waals surface area contributed by atoms with Crippen molar-refractivity contribution in [2.75, 3.05) is 0 Å². The second-order valence-electron chi connectivity index (χ2n) is 11.2. The van der Waals surface area contributed by atoms with Gasteiger partial charge in [-0.3, -0.25) is 0 Å². The molecule has 0 aliphatic carbocycles. The van der Waals surface area contributed by atoms with E-state index >= 15 is 0 Å². The number of carbonyl (C=O) groups is 1. The van der Waals surface area contributed by atoms with Gasteiger partial charge in [-0.05, 0) is 58.3 Å². The molecule has 0 aromatic heterocycles. The van der Waals surface area contributed by atoms with Crippen LogP contribution in [0.25, 0.3) is 0 Å². The molecule has 0 unspecified atom stereocenters. The first-order valence-electron chi connectivity index (χ1n) is 13.0. The zero-order chi connectivity index (χ0) is 27.3. The minimum atomic E-state index is -1.84. The molecule has 0 spiro atoms. The minimum Gasteiger partial charge on any atom is -0.459 e. The second kappa shape index (κ2) is 12.7. The van der Waals surface area contributed by atoms with Crippen molar-refractivity contribution in [2.24, 2.45) is 17.8 Å². The Balaban J connectivity index is 2.41. The summed E-state index contributed by atoms with van der Waals surface area (Å²) in [7, 11) is 0. The smallest absolute Gasteiger partial charge is 0.330 e. The number of carbonyl (C=O) groups excluding carboxylic acids is 1. The van der Waals surface area contributed by atoms with Gasteiger partial charge in [0.1, 0.15) is 11.7 Å². The zero-order valence-electron chi connectivity index (χ0n) is 22.7. The molecule has 0 amide bonds. The number of rotatable bonds is 3. The fraction of sp³-hybridized carbons (Fsp3) is 0.690. The molecular formula is C29H46O7. The third kappa shape index (κ3) is 8.12. The molecule has 1 fully saturated rings. The lowest BCUT2D eigenvalue weighted by Crippen LogP contribution is -2.56. The van der Waals surface area contributed by atoms with E-state index < -0.39 is 41.8 Å². The molecular weight excluding hydrogens is 460 g/mol. The number of hydrogen-bond acceptors (Lipinski definition) is 7. The van der Waals surface area contributed by atoms with Gasteiger partial charge in [0.25, 0.3) is 0 Å². The molecule has 2 bridgehead atoms. The largest absolute Gasteiger partial charge is 0.459 e. The predicted octanol–water partition coefficient (Wildman–Crippen LogP) is 3.97. The first-order chi connectivity index (χ1) is 16.6. The van der Waals surface area contributed by atoms with Crippen LogP contribution in [0.3, 0.4) is 0 Å². The van der Waals surface area contributed by atoms with Gasteiger partial charge in [-0.2, -0.15) is 0 Å². The van der Waals surface area contributed by atoms with Gasteiger partial charge in [0.05, 0.1) is 18.3 Å². The fourth-order valence-corrected chi connectivity index (χ4v) is 4.58. The summed E-state index contributed by atoms with van der Waals surface area (Å²) in [4.78, 5) is 12.8. The number of ether oxygens (including phenoxy) is 2. The molecule has 0 saturated carbocycles. The van der Waals surface area contributed by atoms with Crippen LogP contribution in [0.15, 0.2) is 48.1 Å². The Morgan fingerprint density at radius 3 is 2.50 bits per heavy atom. The Hall–Kier alpha value is -1.77. The van der Waals surface area contributed by atoms with Crippen molar-refractivity contribution in [1.82, 2.24) is 0 Å². The monoisotopic (exact) mass is 506 g/mol. The molecule has 0 aromatic carbocycles. The molecule has 1 saturated heterocycles. The summed E-state index contributed by atoms with van der Waals surface area (Å²) in [6, 6.07) is 0. The summed E-state index contributed by atoms with van der Waals surface area (Å²) in [5.74, 6) is -2.86. The number of fused-ring (bicyclic) bond motifs is 2. The van der Waals surface area contributed by atoms with E-state index in [2.05, 4.69) is 6.58 Å². The molecule has 2 heterocycles. The van der Waals surface area contributed by atoms with E-state index in [1.165, 1.54) is 19.1 Å². The van der Waals surface area contributed by atoms with Crippen LogP contribution < -0.4 is 0 Å². The van der Waals surface area contributed by atoms with Crippen LogP contribution in [0.4, 0.5) is 0 Å². The van der Waals surface area contributed by atoms with Crippen molar-refractivity contribution in [3.05, 3.63) is 48.1 Å². The van der Waals surface area contributed by atoms with Crippen LogP contribution in [-0.2, 0) is 14.3 Å². The molecule has 2 rings (SSSR count). The normalized spacial score (nSPS) is 42.2. The Labute approximate surface area is 216 Å². The molecule has 7 heteroatoms. The molecule has 2 aliphatic heterocycles. The van der Waals surface area contributed by atoms with Gasteiger partial charge in [-0.15, -0.1) is 0 Å². The standard InChI is InChI=1S/C29H46O7/c1-18-14-24-11-8-12-25(31)22(5)20(3)16-27(32)35-26(15-21(4)23(6)30)19(2)10-9-13-28(7,33)29(34,17-18)36-24/h8-9,12-13,16,19,21-26,30-31,33-34H,1,10-11,14-15,17H2,2-7H3/b12-8+,13-9+,20-16+/t19-,21-,22+,23+,24+,25-,26-,28+,29+/m1/s1. The first-order valence-corrected chi connectivity index (χ1v) is 13.0. The molecule has 9 atom stereocenters. The summed E-state index contributed by atoms with van der Waals surface area (Å²) >= 11 is 0. The van der Waals surface area contributed by atoms with Crippen LogP contribution in [0, 0.1) is 17.8 Å². The van der Waals surface area contributed by atoms with E-state index in [1.54, 1.807) is 32.1 Å². The number of esters is 1. The van der Waals surface area contributed by atoms with E-state index in [9.17, 15) is 25.2 Å². The van der Waals surface area contributed by atoms with Gasteiger partial charge < -0.3 is 29.9 Å². The third-order valence-corrected chi connectivity index (χ3v) is 7.75. The summed E-state index contributed by atoms with van der Waals surface area (Å²) < 4.78 is 11.8. The van der Waals surface area contributed by atoms with E-state index in [4.69, 9.17) is 9.47 Å². The molecule has 7 nitrogen and oxygen atoms in total. The van der Waals surface area contributed by atoms with Crippen LogP contribution in [0.5, 0.6) is 0 Å². The Morgan fingerprint density at radius 2 is 1.86 bits per heavy atom. The van der Waals surface area contributed by atoms with Gasteiger partial charge in [-0.1, -0.05) is 62.8 Å². The lowest BCUT2D eigenvalue weighted by Gasteiger charge is -2.45. The maximum absolute atomic E-state index is 12.8. The van der Waals surface area contributed by atoms with Crippen LogP contribution in [-0.4, -0.2) is 62.2 Å². The SMILES string of the molecule is C=C1C[C@@H]2C/C=C/[C@@H](O)[C@@H](C)/C(C)=C/C(=O)O[C@H](C[C@@H](C)[C@H](C)O)[C@H](C)C/C=C/[C@](C)(O)[C@](O)(C1)O2. The van der Waals surface area contributed by atoms with Crippen molar-refractivity contribution < 1.29 is 34.7 Å². The summed E-state index contributed by atoms with van der Waals surface area (Å²) in [6.45, 7) is 14.7. The number of aliphatic hydroxyl groups is 4. The maximum Gasteiger partial charge on any atom is 0.330 e. The van der Waals surface area contributed by atoms with Gasteiger partial charge in [-0.25, -0.2) is 4.79 Å². The number of hydrogen-bond donors (Lipinski definition) is 4. The van der Waals surface area contributed by atoms with E-state index in [-0.39, 0.29) is 24.2 Å². The molecule has 0 radical (unpaired) electrons. The zero-order valence-corrected chi connectivity index (χ0v) is 22.7. The van der Waals surface area contributed by atoms with Crippen molar-refractivity contribution >= 4 is 5.97 Å². The van der Waals surface area contributed by atoms with E-state index in [0.29, 0.717) is 31.3 Å². The third-order valence-electron chi connectivity index (χ3n) is 7.75. The van der Waals surface area contributed by atoms with Gasteiger partial charge >= 0.3 is 5.97 Å². The molecule has 2 aliphatic rings. The fourth-order valence-electron chi connectivity index (χ4n) is 4.58. The Morgan fingerprint density at radius 1 is 1.19 bits per heavy atom. The number of allylic oxidation sites excluding steroid dienone is 1. The van der Waals surface area contributed by atoms with Crippen LogP contribution >= 0.6 is 0 Å². The highest BCUT2D eigenvalue weighted by molar-refractivity contribution is 5.83. The summed E-state index contributed by atoms with van der Waals surface area (Å²) in [5, 5.41) is 43.1. The molecule has 36 heavy (non-hydrogen) atoms. The summed E-state index contributed by atoms with van der Waals surface area (Å²) in [5.41, 5.74) is -0.206. The van der Waals surface area contributed by atoms with Gasteiger partial charge in [0, 0.05) is 18.4 Å². The summed E-state index contributed by atoms with van der Waals surface area (Å²) in [6.07, 6.45) is 7.94. The quantitative estimate of drug-likeness (QED) is 0.338. The van der Waals surface area contributed by atoms with Gasteiger partial charge in [0.2, 0.25) is 5.79 Å². The van der Waals surface area contributed by atoms with E-state index in [1.807, 2.05) is 20.8 Å². The average molecular weight is 507 g/mol. The topological polar surface area (TPSA) is 116 Å². The Bertz CT molecular complexity index is 856. The van der Waals surface area contributed by atoms with Gasteiger partial charge in [0.15, 0.2) is 0 Å². The molecule has 0 aromatic rings. The van der Waals surface area contributed by atoms with Crippen LogP contribution in [0.2, 0.25) is 0 Å². The maximum atomic E-state index is 12.8. The lowest BCUT2D eigenvalue weighted by molar-refractivity contribution is -0.305. The minimum absolute atomic E-state index is 0.0922. The lowest BCUT2D eigenvalue weighted by atomic mass is 9.83. The highest BCUT2D eigenvalue weighted by Gasteiger charge is 2.49. The average Bonchev–Trinajstić information content (AvgIpc) is 2.76. The molecule has 4 N–H and O–H groups in total. The highest BCUT2D eigenvalue weighted by Crippen LogP contribution is 2.39. The molecule has 204 valence electrons. The van der Waals surface area contributed by atoms with Crippen molar-refractivity contribution in [1.29, 1.82) is 0 Å². The first kappa shape index (κ1) is 30.5. The second-order valence-corrected chi connectivity index (χ2v) is 11.2. The van der Waals surface area contributed by atoms with Crippen molar-refractivity contribution in [3.8, 4) is 0 Å². The van der Waals surface area contributed by atoms with Crippen LogP contribution in [0.1, 0.15) is 73.6 Å². The van der Waals surface area contributed by atoms with Crippen molar-refractivity contribution in [3.63, 3.8) is 0 Å². The number of cyclic esters (lactones) is 1. The Kier molecular flexibility index (Phi) is 10.7. The van der Waals surface area contributed by atoms with Crippen molar-refractivity contribution in [2.45, 2.75) is 109 Å².